The first-order valence-corrected chi connectivity index (χ1v) is 6.88. The third-order valence-electron chi connectivity index (χ3n) is 3.87. The van der Waals surface area contributed by atoms with Crippen LogP contribution in [0, 0.1) is 19.8 Å². The smallest absolute Gasteiger partial charge is 0.155 e. The van der Waals surface area contributed by atoms with Crippen LogP contribution in [0.3, 0.4) is 0 Å². The summed E-state index contributed by atoms with van der Waals surface area (Å²) < 4.78 is 0. The zero-order chi connectivity index (χ0) is 13.1. The monoisotopic (exact) mass is 269 g/mol. The molecule has 2 unspecified atom stereocenters. The maximum atomic E-state index is 9.92. The number of aliphatic hydroxyl groups is 1. The number of anilines is 1. The lowest BCUT2D eigenvalue weighted by Crippen LogP contribution is -2.30. The van der Waals surface area contributed by atoms with Crippen molar-refractivity contribution in [3.8, 4) is 0 Å². The van der Waals surface area contributed by atoms with Gasteiger partial charge in [-0.15, -0.1) is 10.2 Å². The highest BCUT2D eigenvalue weighted by Crippen LogP contribution is 2.26. The maximum Gasteiger partial charge on any atom is 0.155 e. The van der Waals surface area contributed by atoms with E-state index in [1.807, 2.05) is 13.8 Å². The number of hydrogen-bond acceptors (Lipinski definition) is 4. The van der Waals surface area contributed by atoms with Crippen LogP contribution >= 0.6 is 11.6 Å². The van der Waals surface area contributed by atoms with Crippen molar-refractivity contribution in [3.63, 3.8) is 0 Å². The van der Waals surface area contributed by atoms with Crippen LogP contribution in [-0.2, 0) is 0 Å². The van der Waals surface area contributed by atoms with Gasteiger partial charge in [0, 0.05) is 12.5 Å². The van der Waals surface area contributed by atoms with Gasteiger partial charge in [0.1, 0.15) is 0 Å². The number of aliphatic hydroxyl groups excluding tert-OH is 1. The van der Waals surface area contributed by atoms with Gasteiger partial charge in [-0.05, 0) is 37.8 Å². The van der Waals surface area contributed by atoms with E-state index >= 15 is 0 Å². The summed E-state index contributed by atoms with van der Waals surface area (Å²) >= 11 is 5.92. The molecule has 2 rings (SSSR count). The second-order valence-corrected chi connectivity index (χ2v) is 5.44. The molecule has 0 aliphatic heterocycles. The fourth-order valence-corrected chi connectivity index (χ4v) is 2.58. The first-order valence-electron chi connectivity index (χ1n) is 6.51. The fourth-order valence-electron chi connectivity index (χ4n) is 2.40. The molecule has 4 nitrogen and oxygen atoms in total. The van der Waals surface area contributed by atoms with Gasteiger partial charge >= 0.3 is 0 Å². The molecule has 0 aromatic carbocycles. The lowest BCUT2D eigenvalue weighted by molar-refractivity contribution is 0.0763. The summed E-state index contributed by atoms with van der Waals surface area (Å²) in [6.45, 7) is 4.67. The number of halogens is 1. The van der Waals surface area contributed by atoms with Gasteiger partial charge in [0.05, 0.1) is 6.10 Å². The number of nitrogens with one attached hydrogen (secondary N) is 1. The Hall–Kier alpha value is -0.870. The Morgan fingerprint density at radius 3 is 2.67 bits per heavy atom. The second kappa shape index (κ2) is 5.85. The molecule has 1 aromatic heterocycles. The minimum atomic E-state index is -0.187. The average Bonchev–Trinajstić information content (AvgIpc) is 2.37. The number of nitrogens with zero attached hydrogens (tertiary/aromatic N) is 2. The highest BCUT2D eigenvalue weighted by Gasteiger charge is 2.23. The Labute approximate surface area is 113 Å². The van der Waals surface area contributed by atoms with Gasteiger partial charge in [-0.1, -0.05) is 24.4 Å². The van der Waals surface area contributed by atoms with Crippen molar-refractivity contribution in [2.24, 2.45) is 5.92 Å². The standard InChI is InChI=1S/C13H20ClN3O/c1-8-9(2)13(17-16-12(8)14)15-7-10-5-3-4-6-11(10)18/h10-11,18H,3-7H2,1-2H3,(H,15,17). The summed E-state index contributed by atoms with van der Waals surface area (Å²) in [4.78, 5) is 0. The van der Waals surface area contributed by atoms with Gasteiger partial charge in [-0.2, -0.15) is 0 Å². The van der Waals surface area contributed by atoms with E-state index in [-0.39, 0.29) is 6.10 Å². The molecule has 1 aliphatic rings. The van der Waals surface area contributed by atoms with Crippen LogP contribution in [0.15, 0.2) is 0 Å². The van der Waals surface area contributed by atoms with Crippen LogP contribution in [-0.4, -0.2) is 28.0 Å². The summed E-state index contributed by atoms with van der Waals surface area (Å²) in [6.07, 6.45) is 4.14. The third-order valence-corrected chi connectivity index (χ3v) is 4.22. The van der Waals surface area contributed by atoms with Crippen LogP contribution in [0.5, 0.6) is 0 Å². The van der Waals surface area contributed by atoms with Crippen molar-refractivity contribution in [2.45, 2.75) is 45.6 Å². The molecule has 0 spiro atoms. The molecular weight excluding hydrogens is 250 g/mol. The van der Waals surface area contributed by atoms with Crippen molar-refractivity contribution in [3.05, 3.63) is 16.3 Å². The molecule has 1 aliphatic carbocycles. The predicted octanol–water partition coefficient (Wildman–Crippen LogP) is 2.71. The molecular formula is C13H20ClN3O. The van der Waals surface area contributed by atoms with Crippen molar-refractivity contribution in [2.75, 3.05) is 11.9 Å². The lowest BCUT2D eigenvalue weighted by atomic mass is 9.86. The van der Waals surface area contributed by atoms with Crippen molar-refractivity contribution in [1.29, 1.82) is 0 Å². The van der Waals surface area contributed by atoms with E-state index in [1.54, 1.807) is 0 Å². The van der Waals surface area contributed by atoms with Crippen LogP contribution in [0.4, 0.5) is 5.82 Å². The summed E-state index contributed by atoms with van der Waals surface area (Å²) in [6, 6.07) is 0. The molecule has 1 saturated carbocycles. The first kappa shape index (κ1) is 13.6. The Morgan fingerprint density at radius 2 is 1.94 bits per heavy atom. The van der Waals surface area contributed by atoms with Crippen LogP contribution in [0.2, 0.25) is 5.15 Å². The zero-order valence-corrected chi connectivity index (χ0v) is 11.7. The molecule has 2 atom stereocenters. The quantitative estimate of drug-likeness (QED) is 0.886. The summed E-state index contributed by atoms with van der Waals surface area (Å²) in [7, 11) is 0. The van der Waals surface area contributed by atoms with E-state index in [1.165, 1.54) is 6.42 Å². The largest absolute Gasteiger partial charge is 0.393 e. The van der Waals surface area contributed by atoms with Gasteiger partial charge in [0.2, 0.25) is 0 Å². The third kappa shape index (κ3) is 2.93. The van der Waals surface area contributed by atoms with E-state index < -0.39 is 0 Å². The summed E-state index contributed by atoms with van der Waals surface area (Å²) in [5, 5.41) is 21.6. The van der Waals surface area contributed by atoms with Crippen LogP contribution in [0.1, 0.15) is 36.8 Å². The minimum Gasteiger partial charge on any atom is -0.393 e. The van der Waals surface area contributed by atoms with E-state index in [2.05, 4.69) is 15.5 Å². The summed E-state index contributed by atoms with van der Waals surface area (Å²) in [5.74, 6) is 1.09. The normalized spacial score (nSPS) is 24.0. The molecule has 1 fully saturated rings. The molecule has 1 heterocycles. The Morgan fingerprint density at radius 1 is 1.22 bits per heavy atom. The van der Waals surface area contributed by atoms with Crippen LogP contribution < -0.4 is 5.32 Å². The van der Waals surface area contributed by atoms with Gasteiger partial charge in [0.15, 0.2) is 11.0 Å². The number of rotatable bonds is 3. The Kier molecular flexibility index (Phi) is 4.40. The van der Waals surface area contributed by atoms with Gasteiger partial charge in [0.25, 0.3) is 0 Å². The number of hydrogen-bond donors (Lipinski definition) is 2. The zero-order valence-electron chi connectivity index (χ0n) is 10.9. The topological polar surface area (TPSA) is 58.0 Å². The van der Waals surface area contributed by atoms with Gasteiger partial charge in [-0.3, -0.25) is 0 Å². The van der Waals surface area contributed by atoms with Crippen LogP contribution in [0.25, 0.3) is 0 Å². The molecule has 0 radical (unpaired) electrons. The summed E-state index contributed by atoms with van der Waals surface area (Å²) in [5.41, 5.74) is 1.98. The lowest BCUT2D eigenvalue weighted by Gasteiger charge is -2.28. The Balaban J connectivity index is 1.99. The van der Waals surface area contributed by atoms with E-state index in [9.17, 15) is 5.11 Å². The predicted molar refractivity (Wildman–Crippen MR) is 73.0 cm³/mol. The SMILES string of the molecule is Cc1c(Cl)nnc(NCC2CCCCC2O)c1C. The van der Waals surface area contributed by atoms with Gasteiger partial charge in [-0.25, -0.2) is 0 Å². The molecule has 100 valence electrons. The van der Waals surface area contributed by atoms with Gasteiger partial charge < -0.3 is 10.4 Å². The average molecular weight is 270 g/mol. The molecule has 0 amide bonds. The first-order chi connectivity index (χ1) is 8.59. The Bertz CT molecular complexity index is 425. The van der Waals surface area contributed by atoms with E-state index in [4.69, 9.17) is 11.6 Å². The van der Waals surface area contributed by atoms with Crippen molar-refractivity contribution >= 4 is 17.4 Å². The molecule has 1 aromatic rings. The van der Waals surface area contributed by atoms with E-state index in [0.29, 0.717) is 11.1 Å². The second-order valence-electron chi connectivity index (χ2n) is 5.08. The minimum absolute atomic E-state index is 0.187. The molecule has 18 heavy (non-hydrogen) atoms. The molecule has 0 bridgehead atoms. The maximum absolute atomic E-state index is 9.92. The fraction of sp³-hybridized carbons (Fsp3) is 0.692. The molecule has 0 saturated heterocycles. The van der Waals surface area contributed by atoms with Crippen molar-refractivity contribution in [1.82, 2.24) is 10.2 Å². The molecule has 5 heteroatoms. The highest BCUT2D eigenvalue weighted by molar-refractivity contribution is 6.30. The van der Waals surface area contributed by atoms with Crippen molar-refractivity contribution < 1.29 is 5.11 Å². The van der Waals surface area contributed by atoms with E-state index in [0.717, 1.165) is 42.8 Å². The highest BCUT2D eigenvalue weighted by atomic mass is 35.5. The molecule has 2 N–H and O–H groups in total. The number of aromatic nitrogens is 2.